The van der Waals surface area contributed by atoms with Crippen LogP contribution in [0.1, 0.15) is 18.5 Å². The number of aryl methyl sites for hydroxylation is 1. The van der Waals surface area contributed by atoms with Crippen LogP contribution in [0.2, 0.25) is 0 Å². The van der Waals surface area contributed by atoms with E-state index in [2.05, 4.69) is 26.9 Å². The van der Waals surface area contributed by atoms with Crippen molar-refractivity contribution in [1.82, 2.24) is 19.8 Å². The monoisotopic (exact) mass is 272 g/mol. The Bertz CT molecular complexity index is 497. The van der Waals surface area contributed by atoms with Gasteiger partial charge in [0.1, 0.15) is 4.90 Å². The molecular formula is C11H20N4O2S. The molecule has 2 rings (SSSR count). The zero-order valence-electron chi connectivity index (χ0n) is 10.8. The van der Waals surface area contributed by atoms with Crippen LogP contribution in [-0.2, 0) is 10.0 Å². The van der Waals surface area contributed by atoms with Crippen molar-refractivity contribution in [2.45, 2.75) is 24.7 Å². The first kappa shape index (κ1) is 13.5. The first-order valence-corrected chi connectivity index (χ1v) is 7.65. The first-order valence-electron chi connectivity index (χ1n) is 6.17. The molecule has 1 unspecified atom stereocenters. The Labute approximate surface area is 108 Å². The summed E-state index contributed by atoms with van der Waals surface area (Å²) in [5, 5.41) is 6.38. The minimum atomic E-state index is -3.43. The smallest absolute Gasteiger partial charge is 0.243 e. The average Bonchev–Trinajstić information content (AvgIpc) is 2.74. The van der Waals surface area contributed by atoms with Gasteiger partial charge in [0.25, 0.3) is 0 Å². The molecule has 7 heteroatoms. The molecule has 2 heterocycles. The summed E-state index contributed by atoms with van der Waals surface area (Å²) in [5.41, 5.74) is 0.572. The molecule has 0 saturated carbocycles. The molecule has 1 aromatic rings. The van der Waals surface area contributed by atoms with Crippen LogP contribution >= 0.6 is 0 Å². The maximum Gasteiger partial charge on any atom is 0.243 e. The van der Waals surface area contributed by atoms with Crippen molar-refractivity contribution >= 4 is 10.0 Å². The van der Waals surface area contributed by atoms with Crippen molar-refractivity contribution in [1.29, 1.82) is 0 Å². The molecule has 1 fully saturated rings. The first-order chi connectivity index (χ1) is 8.49. The number of sulfonamides is 1. The summed E-state index contributed by atoms with van der Waals surface area (Å²) in [7, 11) is -1.36. The predicted octanol–water partition coefficient (Wildman–Crippen LogP) is 0.338. The van der Waals surface area contributed by atoms with E-state index in [1.165, 1.54) is 6.20 Å². The van der Waals surface area contributed by atoms with Gasteiger partial charge in [0, 0.05) is 13.1 Å². The summed E-state index contributed by atoms with van der Waals surface area (Å²) in [6.07, 6.45) is 3.57. The van der Waals surface area contributed by atoms with E-state index in [9.17, 15) is 8.42 Å². The van der Waals surface area contributed by atoms with Crippen LogP contribution in [0.25, 0.3) is 0 Å². The predicted molar refractivity (Wildman–Crippen MR) is 68.7 cm³/mol. The summed E-state index contributed by atoms with van der Waals surface area (Å²) in [4.78, 5) is 2.48. The van der Waals surface area contributed by atoms with Crippen molar-refractivity contribution in [3.8, 4) is 0 Å². The van der Waals surface area contributed by atoms with Crippen LogP contribution in [0.4, 0.5) is 0 Å². The molecule has 1 atom stereocenters. The zero-order chi connectivity index (χ0) is 13.2. The highest BCUT2D eigenvalue weighted by atomic mass is 32.2. The van der Waals surface area contributed by atoms with Crippen LogP contribution in [0, 0.1) is 12.8 Å². The standard InChI is InChI=1S/C11H20N4O2S/c1-9-11(7-12-14-9)18(16,17)13-6-10-4-3-5-15(2)8-10/h7,10,13H,3-6,8H2,1-2H3,(H,12,14). The molecule has 6 nitrogen and oxygen atoms in total. The van der Waals surface area contributed by atoms with E-state index in [1.807, 2.05) is 0 Å². The Hall–Kier alpha value is -0.920. The third kappa shape index (κ3) is 3.09. The molecular weight excluding hydrogens is 252 g/mol. The molecule has 0 amide bonds. The van der Waals surface area contributed by atoms with Gasteiger partial charge in [-0.3, -0.25) is 5.10 Å². The Kier molecular flexibility index (Phi) is 4.04. The van der Waals surface area contributed by atoms with Crippen LogP contribution < -0.4 is 4.72 Å². The van der Waals surface area contributed by atoms with E-state index in [-0.39, 0.29) is 4.90 Å². The number of hydrogen-bond acceptors (Lipinski definition) is 4. The molecule has 0 spiro atoms. The van der Waals surface area contributed by atoms with Crippen molar-refractivity contribution in [2.24, 2.45) is 5.92 Å². The topological polar surface area (TPSA) is 78.1 Å². The van der Waals surface area contributed by atoms with E-state index >= 15 is 0 Å². The highest BCUT2D eigenvalue weighted by Gasteiger charge is 2.22. The summed E-state index contributed by atoms with van der Waals surface area (Å²) in [6.45, 7) is 4.25. The SMILES string of the molecule is Cc1[nH]ncc1S(=O)(=O)NCC1CCCN(C)C1. The maximum atomic E-state index is 12.1. The van der Waals surface area contributed by atoms with Crippen molar-refractivity contribution in [2.75, 3.05) is 26.7 Å². The normalized spacial score (nSPS) is 22.2. The van der Waals surface area contributed by atoms with Crippen LogP contribution in [0.3, 0.4) is 0 Å². The van der Waals surface area contributed by atoms with Gasteiger partial charge in [-0.2, -0.15) is 5.10 Å². The number of hydrogen-bond donors (Lipinski definition) is 2. The molecule has 102 valence electrons. The van der Waals surface area contributed by atoms with Gasteiger partial charge >= 0.3 is 0 Å². The summed E-state index contributed by atoms with van der Waals surface area (Å²) >= 11 is 0. The lowest BCUT2D eigenvalue weighted by atomic mass is 9.99. The molecule has 0 radical (unpaired) electrons. The minimum absolute atomic E-state index is 0.242. The molecule has 1 aliphatic rings. The lowest BCUT2D eigenvalue weighted by Crippen LogP contribution is -2.39. The fraction of sp³-hybridized carbons (Fsp3) is 0.727. The van der Waals surface area contributed by atoms with Crippen molar-refractivity contribution in [3.05, 3.63) is 11.9 Å². The second-order valence-corrected chi connectivity index (χ2v) is 6.72. The third-order valence-electron chi connectivity index (χ3n) is 3.36. The second-order valence-electron chi connectivity index (χ2n) is 4.98. The number of aromatic nitrogens is 2. The van der Waals surface area contributed by atoms with Gasteiger partial charge in [-0.25, -0.2) is 13.1 Å². The van der Waals surface area contributed by atoms with Crippen molar-refractivity contribution in [3.63, 3.8) is 0 Å². The van der Waals surface area contributed by atoms with E-state index in [0.717, 1.165) is 25.9 Å². The molecule has 2 N–H and O–H groups in total. The van der Waals surface area contributed by atoms with Crippen LogP contribution in [0.5, 0.6) is 0 Å². The van der Waals surface area contributed by atoms with Gasteiger partial charge in [-0.1, -0.05) is 0 Å². The molecule has 0 aromatic carbocycles. The second kappa shape index (κ2) is 5.38. The molecule has 18 heavy (non-hydrogen) atoms. The van der Waals surface area contributed by atoms with E-state index in [0.29, 0.717) is 18.2 Å². The van der Waals surface area contributed by atoms with Gasteiger partial charge in [0.05, 0.1) is 11.9 Å². The van der Waals surface area contributed by atoms with E-state index < -0.39 is 10.0 Å². The molecule has 1 aromatic heterocycles. The Balaban J connectivity index is 1.95. The van der Waals surface area contributed by atoms with Crippen LogP contribution in [-0.4, -0.2) is 50.2 Å². The Morgan fingerprint density at radius 2 is 2.39 bits per heavy atom. The number of nitrogens with one attached hydrogen (secondary N) is 2. The number of piperidine rings is 1. The average molecular weight is 272 g/mol. The number of rotatable bonds is 4. The number of likely N-dealkylation sites (tertiary alicyclic amines) is 1. The number of aromatic amines is 1. The minimum Gasteiger partial charge on any atom is -0.306 e. The number of nitrogens with zero attached hydrogens (tertiary/aromatic N) is 2. The molecule has 0 aliphatic carbocycles. The van der Waals surface area contributed by atoms with E-state index in [1.54, 1.807) is 6.92 Å². The van der Waals surface area contributed by atoms with Gasteiger partial charge in [0.2, 0.25) is 10.0 Å². The fourth-order valence-corrected chi connectivity index (χ4v) is 3.61. The largest absolute Gasteiger partial charge is 0.306 e. The molecule has 1 saturated heterocycles. The van der Waals surface area contributed by atoms with E-state index in [4.69, 9.17) is 0 Å². The van der Waals surface area contributed by atoms with Gasteiger partial charge in [-0.15, -0.1) is 0 Å². The molecule has 0 bridgehead atoms. The summed E-state index contributed by atoms with van der Waals surface area (Å²) < 4.78 is 26.8. The Morgan fingerprint density at radius 1 is 1.61 bits per heavy atom. The van der Waals surface area contributed by atoms with Crippen molar-refractivity contribution < 1.29 is 8.42 Å². The van der Waals surface area contributed by atoms with Gasteiger partial charge in [0.15, 0.2) is 0 Å². The zero-order valence-corrected chi connectivity index (χ0v) is 11.6. The highest BCUT2D eigenvalue weighted by molar-refractivity contribution is 7.89. The van der Waals surface area contributed by atoms with Gasteiger partial charge in [-0.05, 0) is 39.3 Å². The highest BCUT2D eigenvalue weighted by Crippen LogP contribution is 2.16. The summed E-state index contributed by atoms with van der Waals surface area (Å²) in [5.74, 6) is 0.394. The lowest BCUT2D eigenvalue weighted by molar-refractivity contribution is 0.211. The van der Waals surface area contributed by atoms with Gasteiger partial charge < -0.3 is 4.90 Å². The maximum absolute atomic E-state index is 12.1. The number of H-pyrrole nitrogens is 1. The quantitative estimate of drug-likeness (QED) is 0.828. The molecule has 1 aliphatic heterocycles. The Morgan fingerprint density at radius 3 is 3.00 bits per heavy atom. The third-order valence-corrected chi connectivity index (χ3v) is 4.89. The van der Waals surface area contributed by atoms with Crippen LogP contribution in [0.15, 0.2) is 11.1 Å². The lowest BCUT2D eigenvalue weighted by Gasteiger charge is -2.29. The fourth-order valence-electron chi connectivity index (χ4n) is 2.36. The summed E-state index contributed by atoms with van der Waals surface area (Å²) in [6, 6.07) is 0.